The lowest BCUT2D eigenvalue weighted by Gasteiger charge is -2.44. The molecule has 128 valence electrons. The van der Waals surface area contributed by atoms with Crippen LogP contribution in [0.3, 0.4) is 0 Å². The molecule has 2 radical (unpaired) electrons. The molecular formula is C24H24BN. The lowest BCUT2D eigenvalue weighted by Crippen LogP contribution is -2.44. The van der Waals surface area contributed by atoms with E-state index in [4.69, 9.17) is 7.85 Å². The molecule has 1 heterocycles. The molecule has 0 bridgehead atoms. The van der Waals surface area contributed by atoms with Crippen LogP contribution in [-0.2, 0) is 0 Å². The normalized spacial score (nSPS) is 22.3. The second kappa shape index (κ2) is 7.41. The number of para-hydroxylation sites is 1. The number of unbranched alkanes of at least 4 members (excludes halogenated alkanes) is 1. The van der Waals surface area contributed by atoms with Gasteiger partial charge in [-0.2, -0.15) is 0 Å². The fraction of sp³-hybridized carbons (Fsp3) is 0.250. The summed E-state index contributed by atoms with van der Waals surface area (Å²) in [5, 5.41) is 0. The van der Waals surface area contributed by atoms with Crippen molar-refractivity contribution in [3.8, 4) is 0 Å². The summed E-state index contributed by atoms with van der Waals surface area (Å²) in [6, 6.07) is 17.4. The molecule has 26 heavy (non-hydrogen) atoms. The Balaban J connectivity index is 1.83. The summed E-state index contributed by atoms with van der Waals surface area (Å²) >= 11 is 0. The van der Waals surface area contributed by atoms with E-state index in [0.717, 1.165) is 12.0 Å². The molecule has 1 nitrogen and oxygen atoms in total. The molecule has 2 aliphatic rings. The SMILES string of the molecule is [B]c1ccc(/C=C2\c3ccccc3N(CCCC)C3C=CC=CC23)cc1. The van der Waals surface area contributed by atoms with E-state index in [2.05, 4.69) is 78.6 Å². The minimum absolute atomic E-state index is 0.379. The van der Waals surface area contributed by atoms with Gasteiger partial charge in [-0.3, -0.25) is 0 Å². The van der Waals surface area contributed by atoms with Gasteiger partial charge >= 0.3 is 0 Å². The summed E-state index contributed by atoms with van der Waals surface area (Å²) in [5.41, 5.74) is 6.10. The third kappa shape index (κ3) is 3.17. The molecule has 2 aromatic carbocycles. The lowest BCUT2D eigenvalue weighted by atomic mass is 9.78. The van der Waals surface area contributed by atoms with Gasteiger partial charge in [-0.25, -0.2) is 0 Å². The molecule has 0 N–H and O–H groups in total. The smallest absolute Gasteiger partial charge is 0.113 e. The molecule has 2 heteroatoms. The highest BCUT2D eigenvalue weighted by Crippen LogP contribution is 2.44. The Hall–Kier alpha value is -2.48. The number of benzene rings is 2. The summed E-state index contributed by atoms with van der Waals surface area (Å²) in [6.07, 6.45) is 13.8. The molecule has 2 unspecified atom stereocenters. The first-order valence-corrected chi connectivity index (χ1v) is 9.56. The lowest BCUT2D eigenvalue weighted by molar-refractivity contribution is 0.582. The molecule has 1 aliphatic carbocycles. The third-order valence-electron chi connectivity index (χ3n) is 5.36. The van der Waals surface area contributed by atoms with Crippen LogP contribution in [0.4, 0.5) is 5.69 Å². The molecular weight excluding hydrogens is 313 g/mol. The van der Waals surface area contributed by atoms with E-state index in [9.17, 15) is 0 Å². The topological polar surface area (TPSA) is 3.24 Å². The highest BCUT2D eigenvalue weighted by atomic mass is 15.2. The van der Waals surface area contributed by atoms with Gasteiger partial charge in [0.15, 0.2) is 0 Å². The Bertz CT molecular complexity index is 860. The summed E-state index contributed by atoms with van der Waals surface area (Å²) in [5.74, 6) is 0.379. The van der Waals surface area contributed by atoms with Crippen molar-refractivity contribution >= 4 is 30.6 Å². The number of allylic oxidation sites excluding steroid dienone is 2. The third-order valence-corrected chi connectivity index (χ3v) is 5.36. The molecule has 0 fully saturated rings. The number of anilines is 1. The van der Waals surface area contributed by atoms with E-state index in [-0.39, 0.29) is 0 Å². The summed E-state index contributed by atoms with van der Waals surface area (Å²) in [7, 11) is 5.86. The molecule has 0 saturated carbocycles. The Morgan fingerprint density at radius 1 is 1.00 bits per heavy atom. The van der Waals surface area contributed by atoms with Gasteiger partial charge in [0, 0.05) is 23.7 Å². The summed E-state index contributed by atoms with van der Waals surface area (Å²) in [6.45, 7) is 3.36. The Morgan fingerprint density at radius 3 is 2.58 bits per heavy atom. The highest BCUT2D eigenvalue weighted by molar-refractivity contribution is 6.32. The van der Waals surface area contributed by atoms with Crippen molar-refractivity contribution in [2.45, 2.75) is 25.8 Å². The maximum atomic E-state index is 5.86. The van der Waals surface area contributed by atoms with Crippen LogP contribution in [0.25, 0.3) is 11.6 Å². The van der Waals surface area contributed by atoms with Crippen molar-refractivity contribution < 1.29 is 0 Å². The predicted octanol–water partition coefficient (Wildman–Crippen LogP) is 4.75. The standard InChI is InChI=1S/C24H24BN/c1-2-3-16-26-23-10-6-4-8-20(23)22(21-9-5-7-11-24(21)26)17-18-12-14-19(25)15-13-18/h4-15,17,20,23H,2-3,16H2,1H3/b22-17-. The quantitative estimate of drug-likeness (QED) is 0.728. The van der Waals surface area contributed by atoms with Crippen LogP contribution in [0.1, 0.15) is 30.9 Å². The minimum atomic E-state index is 0.379. The Kier molecular flexibility index (Phi) is 4.84. The van der Waals surface area contributed by atoms with Crippen LogP contribution in [0.2, 0.25) is 0 Å². The second-order valence-corrected chi connectivity index (χ2v) is 7.12. The Morgan fingerprint density at radius 2 is 1.77 bits per heavy atom. The van der Waals surface area contributed by atoms with E-state index in [1.165, 1.54) is 35.2 Å². The van der Waals surface area contributed by atoms with Crippen molar-refractivity contribution in [2.24, 2.45) is 5.92 Å². The van der Waals surface area contributed by atoms with Crippen LogP contribution in [0.15, 0.2) is 72.8 Å². The number of fused-ring (bicyclic) bond motifs is 2. The number of hydrogen-bond donors (Lipinski definition) is 0. The maximum Gasteiger partial charge on any atom is 0.113 e. The first kappa shape index (κ1) is 17.0. The maximum absolute atomic E-state index is 5.86. The van der Waals surface area contributed by atoms with Gasteiger partial charge in [0.2, 0.25) is 0 Å². The fourth-order valence-electron chi connectivity index (χ4n) is 4.03. The van der Waals surface area contributed by atoms with E-state index in [1.807, 2.05) is 12.1 Å². The fourth-order valence-corrected chi connectivity index (χ4v) is 4.03. The van der Waals surface area contributed by atoms with Crippen molar-refractivity contribution in [1.29, 1.82) is 0 Å². The zero-order chi connectivity index (χ0) is 17.9. The predicted molar refractivity (Wildman–Crippen MR) is 114 cm³/mol. The van der Waals surface area contributed by atoms with E-state index in [1.54, 1.807) is 0 Å². The summed E-state index contributed by atoms with van der Waals surface area (Å²) in [4.78, 5) is 2.59. The van der Waals surface area contributed by atoms with Gasteiger partial charge in [0.05, 0.1) is 6.04 Å². The van der Waals surface area contributed by atoms with E-state index >= 15 is 0 Å². The second-order valence-electron chi connectivity index (χ2n) is 7.12. The molecule has 0 amide bonds. The average molecular weight is 337 g/mol. The van der Waals surface area contributed by atoms with Gasteiger partial charge in [0.1, 0.15) is 7.85 Å². The largest absolute Gasteiger partial charge is 0.364 e. The first-order chi connectivity index (χ1) is 12.8. The van der Waals surface area contributed by atoms with Crippen LogP contribution in [0.5, 0.6) is 0 Å². The van der Waals surface area contributed by atoms with Crippen LogP contribution in [-0.4, -0.2) is 20.4 Å². The molecule has 0 aromatic heterocycles. The van der Waals surface area contributed by atoms with Crippen LogP contribution < -0.4 is 10.4 Å². The summed E-state index contributed by atoms with van der Waals surface area (Å²) < 4.78 is 0. The first-order valence-electron chi connectivity index (χ1n) is 9.56. The van der Waals surface area contributed by atoms with Crippen LogP contribution >= 0.6 is 0 Å². The van der Waals surface area contributed by atoms with Crippen LogP contribution in [0, 0.1) is 5.92 Å². The number of rotatable bonds is 4. The van der Waals surface area contributed by atoms with Crippen molar-refractivity contribution in [1.82, 2.24) is 0 Å². The number of nitrogens with zero attached hydrogens (tertiary/aromatic N) is 1. The molecule has 0 saturated heterocycles. The number of hydrogen-bond acceptors (Lipinski definition) is 1. The molecule has 2 aromatic rings. The van der Waals surface area contributed by atoms with Gasteiger partial charge in [-0.15, -0.1) is 0 Å². The monoisotopic (exact) mass is 337 g/mol. The zero-order valence-corrected chi connectivity index (χ0v) is 15.3. The van der Waals surface area contributed by atoms with Gasteiger partial charge in [0.25, 0.3) is 0 Å². The average Bonchev–Trinajstić information content (AvgIpc) is 2.69. The molecule has 2 atom stereocenters. The van der Waals surface area contributed by atoms with Gasteiger partial charge in [-0.05, 0) is 23.6 Å². The zero-order valence-electron chi connectivity index (χ0n) is 15.3. The van der Waals surface area contributed by atoms with Gasteiger partial charge < -0.3 is 4.90 Å². The highest BCUT2D eigenvalue weighted by Gasteiger charge is 2.35. The van der Waals surface area contributed by atoms with Crippen molar-refractivity contribution in [3.05, 3.63) is 84.0 Å². The molecule has 0 spiro atoms. The van der Waals surface area contributed by atoms with Gasteiger partial charge in [-0.1, -0.05) is 91.7 Å². The minimum Gasteiger partial charge on any atom is -0.364 e. The van der Waals surface area contributed by atoms with E-state index in [0.29, 0.717) is 12.0 Å². The molecule has 1 aliphatic heterocycles. The van der Waals surface area contributed by atoms with Crippen molar-refractivity contribution in [3.63, 3.8) is 0 Å². The van der Waals surface area contributed by atoms with Crippen molar-refractivity contribution in [2.75, 3.05) is 11.4 Å². The van der Waals surface area contributed by atoms with E-state index < -0.39 is 0 Å². The Labute approximate surface area is 158 Å². The molecule has 4 rings (SSSR count).